The summed E-state index contributed by atoms with van der Waals surface area (Å²) < 4.78 is 13.2. The van der Waals surface area contributed by atoms with E-state index in [1.54, 1.807) is 0 Å². The first-order valence-corrected chi connectivity index (χ1v) is 18.8. The van der Waals surface area contributed by atoms with E-state index in [0.717, 1.165) is 56.3 Å². The first-order valence-electron chi connectivity index (χ1n) is 18.8. The molecule has 0 fully saturated rings. The molecule has 9 rings (SSSR count). The molecule has 55 heavy (non-hydrogen) atoms. The van der Waals surface area contributed by atoms with Crippen molar-refractivity contribution in [3.63, 3.8) is 0 Å². The van der Waals surface area contributed by atoms with Crippen LogP contribution in [0.5, 0.6) is 11.5 Å². The third kappa shape index (κ3) is 5.90. The quantitative estimate of drug-likeness (QED) is 0.123. The van der Waals surface area contributed by atoms with E-state index in [9.17, 15) is 0 Å². The van der Waals surface area contributed by atoms with Crippen molar-refractivity contribution in [3.05, 3.63) is 126 Å². The molecule has 0 saturated heterocycles. The third-order valence-electron chi connectivity index (χ3n) is 10.9. The first kappa shape index (κ1) is 36.8. The van der Waals surface area contributed by atoms with E-state index in [1.165, 1.54) is 22.2 Å². The second kappa shape index (κ2) is 13.6. The number of pyridine rings is 1. The van der Waals surface area contributed by atoms with E-state index in [2.05, 4.69) is 160 Å². The Balaban J connectivity index is 0.00000427. The standard InChI is InChI=1S/C45H44BN7O.Pt/c1-27(2)33-13-11-14-34(28(3)4)41(33)46-50(9)36-18-16-31(25-35(36)43-48-22-23-51(43)46)54-32-17-19-37-39(26-32)53(40-24-30(20-21-47-40)45(6,7)8)44-49-42-29(5)12-10-15-38(42)52(37)44;/h10-24,27-28H,1-9H3;/q-2;+2. The Kier molecular flexibility index (Phi) is 9.08. The number of para-hydroxylation sites is 1. The Morgan fingerprint density at radius 2 is 1.51 bits per heavy atom. The average Bonchev–Trinajstić information content (AvgIpc) is 3.86. The Morgan fingerprint density at radius 1 is 0.800 bits per heavy atom. The number of ether oxygens (including phenoxy) is 1. The number of hydrogen-bond donors (Lipinski definition) is 0. The molecule has 5 heterocycles. The van der Waals surface area contributed by atoms with Crippen molar-refractivity contribution in [2.75, 3.05) is 11.9 Å². The van der Waals surface area contributed by atoms with Gasteiger partial charge in [0.1, 0.15) is 5.82 Å². The third-order valence-corrected chi connectivity index (χ3v) is 10.9. The summed E-state index contributed by atoms with van der Waals surface area (Å²) in [6.07, 6.45) is 5.85. The van der Waals surface area contributed by atoms with Gasteiger partial charge in [0.05, 0.1) is 11.0 Å². The summed E-state index contributed by atoms with van der Waals surface area (Å²) in [7, 11) is 2.17. The summed E-state index contributed by atoms with van der Waals surface area (Å²) in [6, 6.07) is 32.7. The van der Waals surface area contributed by atoms with Crippen molar-refractivity contribution in [2.45, 2.75) is 72.6 Å². The monoisotopic (exact) mass is 904 g/mol. The maximum atomic E-state index is 6.61. The van der Waals surface area contributed by atoms with Gasteiger partial charge >= 0.3 is 28.0 Å². The van der Waals surface area contributed by atoms with Gasteiger partial charge in [-0.05, 0) is 88.2 Å². The smallest absolute Gasteiger partial charge is 0.503 e. The van der Waals surface area contributed by atoms with Gasteiger partial charge in [-0.2, -0.15) is 0 Å². The fourth-order valence-electron chi connectivity index (χ4n) is 8.18. The molecule has 0 atom stereocenters. The number of hydrogen-bond acceptors (Lipinski definition) is 5. The van der Waals surface area contributed by atoms with Crippen LogP contribution in [0, 0.1) is 19.1 Å². The minimum Gasteiger partial charge on any atom is -0.503 e. The van der Waals surface area contributed by atoms with Gasteiger partial charge in [-0.25, -0.2) is 9.97 Å². The van der Waals surface area contributed by atoms with Gasteiger partial charge in [0.25, 0.3) is 0 Å². The normalized spacial score (nSPS) is 12.9. The first-order chi connectivity index (χ1) is 25.9. The Labute approximate surface area is 337 Å². The van der Waals surface area contributed by atoms with Crippen LogP contribution in [0.2, 0.25) is 0 Å². The maximum Gasteiger partial charge on any atom is 2.00 e. The van der Waals surface area contributed by atoms with E-state index in [1.807, 2.05) is 24.5 Å². The van der Waals surface area contributed by atoms with E-state index < -0.39 is 0 Å². The van der Waals surface area contributed by atoms with E-state index in [0.29, 0.717) is 23.3 Å². The van der Waals surface area contributed by atoms with Gasteiger partial charge in [-0.15, -0.1) is 24.3 Å². The average molecular weight is 905 g/mol. The van der Waals surface area contributed by atoms with Gasteiger partial charge < -0.3 is 18.4 Å². The molecule has 0 aliphatic carbocycles. The number of benzene rings is 4. The number of nitrogens with zero attached hydrogens (tertiary/aromatic N) is 7. The molecule has 4 aromatic heterocycles. The van der Waals surface area contributed by atoms with Crippen molar-refractivity contribution in [1.29, 1.82) is 0 Å². The number of imidazole rings is 3. The summed E-state index contributed by atoms with van der Waals surface area (Å²) in [6.45, 7) is 17.8. The molecule has 0 bridgehead atoms. The minimum atomic E-state index is -0.0503. The SMILES string of the molecule is Cc1cccc2c1nc1n(-c3cc(C(C)(C)C)ccn3)c3[c-]c(Oc4[c-]c5c(cc4)N(C)B(c4c(C(C)C)cccc4C(C)C)n4ccnc4-5)ccc3n21.[Pt+2]. The Bertz CT molecular complexity index is 2730. The summed E-state index contributed by atoms with van der Waals surface area (Å²) in [4.78, 5) is 17.3. The van der Waals surface area contributed by atoms with Crippen LogP contribution >= 0.6 is 0 Å². The van der Waals surface area contributed by atoms with E-state index >= 15 is 0 Å². The zero-order valence-corrected chi connectivity index (χ0v) is 35.0. The summed E-state index contributed by atoms with van der Waals surface area (Å²) in [5.41, 5.74) is 12.1. The van der Waals surface area contributed by atoms with Crippen molar-refractivity contribution in [3.8, 4) is 28.7 Å². The van der Waals surface area contributed by atoms with Gasteiger partial charge in [-0.3, -0.25) is 9.55 Å². The molecule has 1 aliphatic heterocycles. The predicted octanol–water partition coefficient (Wildman–Crippen LogP) is 9.63. The molecule has 4 aromatic carbocycles. The molecule has 0 spiro atoms. The Morgan fingerprint density at radius 3 is 2.24 bits per heavy atom. The Hall–Kier alpha value is -5.14. The van der Waals surface area contributed by atoms with Crippen molar-refractivity contribution in [2.24, 2.45) is 0 Å². The number of aryl methyl sites for hydroxylation is 1. The summed E-state index contributed by atoms with van der Waals surface area (Å²) in [5, 5.41) is 0. The van der Waals surface area contributed by atoms with Crippen LogP contribution in [0.25, 0.3) is 45.1 Å². The molecule has 278 valence electrons. The molecule has 1 aliphatic rings. The van der Waals surface area contributed by atoms with Gasteiger partial charge in [0.2, 0.25) is 5.78 Å². The zero-order chi connectivity index (χ0) is 37.6. The molecule has 8 nitrogen and oxygen atoms in total. The molecular weight excluding hydrogens is 860 g/mol. The van der Waals surface area contributed by atoms with Crippen LogP contribution in [0.3, 0.4) is 0 Å². The van der Waals surface area contributed by atoms with Gasteiger partial charge in [0.15, 0.2) is 0 Å². The number of aromatic nitrogens is 6. The zero-order valence-electron chi connectivity index (χ0n) is 32.7. The molecule has 0 radical (unpaired) electrons. The minimum absolute atomic E-state index is 0. The molecule has 0 saturated carbocycles. The number of anilines is 1. The summed E-state index contributed by atoms with van der Waals surface area (Å²) in [5.74, 6) is 4.36. The van der Waals surface area contributed by atoms with E-state index in [-0.39, 0.29) is 33.5 Å². The second-order valence-electron chi connectivity index (χ2n) is 16.2. The topological polar surface area (TPSA) is 65.4 Å². The van der Waals surface area contributed by atoms with Crippen molar-refractivity contribution < 1.29 is 25.8 Å². The number of fused-ring (bicyclic) bond motifs is 8. The van der Waals surface area contributed by atoms with Crippen molar-refractivity contribution in [1.82, 2.24) is 28.4 Å². The molecular formula is C45H44BN7OPt. The largest absolute Gasteiger partial charge is 2.00 e. The van der Waals surface area contributed by atoms with Crippen LogP contribution in [0.1, 0.15) is 82.6 Å². The number of rotatable bonds is 6. The molecule has 0 amide bonds. The van der Waals surface area contributed by atoms with Crippen LogP contribution in [-0.2, 0) is 26.5 Å². The van der Waals surface area contributed by atoms with Crippen molar-refractivity contribution >= 4 is 46.0 Å². The van der Waals surface area contributed by atoms with Gasteiger partial charge in [-0.1, -0.05) is 102 Å². The fraction of sp³-hybridized carbons (Fsp3) is 0.267. The van der Waals surface area contributed by atoms with E-state index in [4.69, 9.17) is 19.7 Å². The molecule has 8 aromatic rings. The maximum absolute atomic E-state index is 6.61. The summed E-state index contributed by atoms with van der Waals surface area (Å²) >= 11 is 0. The second-order valence-corrected chi connectivity index (χ2v) is 16.2. The van der Waals surface area contributed by atoms with Crippen LogP contribution in [0.4, 0.5) is 5.69 Å². The van der Waals surface area contributed by atoms with Gasteiger partial charge in [0, 0.05) is 35.9 Å². The fourth-order valence-corrected chi connectivity index (χ4v) is 8.18. The molecule has 10 heteroatoms. The predicted molar refractivity (Wildman–Crippen MR) is 220 cm³/mol. The van der Waals surface area contributed by atoms with Crippen LogP contribution in [0.15, 0.2) is 91.4 Å². The molecule has 0 N–H and O–H groups in total. The van der Waals surface area contributed by atoms with Crippen LogP contribution < -0.4 is 15.0 Å². The van der Waals surface area contributed by atoms with Crippen LogP contribution in [-0.4, -0.2) is 42.4 Å². The molecule has 0 unspecified atom stereocenters.